The van der Waals surface area contributed by atoms with E-state index >= 15 is 0 Å². The fraction of sp³-hybridized carbons (Fsp3) is 0. The van der Waals surface area contributed by atoms with E-state index in [1.54, 1.807) is 0 Å². The van der Waals surface area contributed by atoms with Crippen LogP contribution in [0.2, 0.25) is 0 Å². The summed E-state index contributed by atoms with van der Waals surface area (Å²) in [7, 11) is 0. The first-order chi connectivity index (χ1) is 10.4. The number of aromatic nitrogens is 16. The average Bonchev–Trinajstić information content (AvgIpc) is 3.28. The van der Waals surface area contributed by atoms with E-state index in [0.717, 1.165) is 0 Å². The molecule has 0 aliphatic carbocycles. The van der Waals surface area contributed by atoms with Crippen LogP contribution in [0, 0.1) is 0 Å². The molecule has 4 rings (SSSR count). The second kappa shape index (κ2) is 4.32. The van der Waals surface area contributed by atoms with Crippen LogP contribution in [-0.4, -0.2) is 81.7 Å². The van der Waals surface area contributed by atoms with E-state index in [-0.39, 0.29) is 23.8 Å². The molecule has 0 aliphatic heterocycles. The molecule has 3 N–H and O–H groups in total. The van der Waals surface area contributed by atoms with Gasteiger partial charge in [0, 0.05) is 0 Å². The molecule has 4 aromatic rings. The number of nitrogens with one attached hydrogen (secondary N) is 3. The van der Waals surface area contributed by atoms with Crippen LogP contribution >= 0.6 is 0 Å². The van der Waals surface area contributed by atoms with Gasteiger partial charge in [0.2, 0.25) is 0 Å². The van der Waals surface area contributed by atoms with Gasteiger partial charge >= 0.3 is 0 Å². The monoisotopic (exact) mass is 289 g/mol. The van der Waals surface area contributed by atoms with Crippen molar-refractivity contribution in [1.29, 1.82) is 0 Å². The van der Waals surface area contributed by atoms with Gasteiger partial charge in [0.1, 0.15) is 0 Å². The number of hydrogen-bond acceptors (Lipinski definition) is 13. The van der Waals surface area contributed by atoms with Crippen molar-refractivity contribution in [1.82, 2.24) is 81.7 Å². The van der Waals surface area contributed by atoms with Crippen molar-refractivity contribution in [2.75, 3.05) is 5.32 Å². The molecule has 0 spiro atoms. The van der Waals surface area contributed by atoms with Crippen LogP contribution in [0.4, 0.5) is 11.9 Å². The molecule has 0 amide bonds. The van der Waals surface area contributed by atoms with Gasteiger partial charge in [0.25, 0.3) is 23.8 Å². The number of aromatic amines is 2. The van der Waals surface area contributed by atoms with Crippen molar-refractivity contribution < 1.29 is 0 Å². The molecule has 0 fully saturated rings. The van der Waals surface area contributed by atoms with Crippen molar-refractivity contribution in [2.45, 2.75) is 0 Å². The van der Waals surface area contributed by atoms with Gasteiger partial charge in [-0.2, -0.15) is 10.4 Å². The largest absolute Gasteiger partial charge is 0.294 e. The summed E-state index contributed by atoms with van der Waals surface area (Å²) in [4.78, 5) is 0. The van der Waals surface area contributed by atoms with Gasteiger partial charge in [-0.05, 0) is 31.3 Å². The zero-order valence-electron chi connectivity index (χ0n) is 9.76. The van der Waals surface area contributed by atoms with Crippen molar-refractivity contribution in [2.24, 2.45) is 0 Å². The molecule has 0 unspecified atom stereocenters. The predicted octanol–water partition coefficient (Wildman–Crippen LogP) is -3.59. The third-order valence-corrected chi connectivity index (χ3v) is 2.21. The normalized spacial score (nSPS) is 10.9. The molecule has 17 nitrogen and oxygen atoms in total. The molecular formula is C4H3N17. The first kappa shape index (κ1) is 11.0. The minimum absolute atomic E-state index is 0.140. The quantitative estimate of drug-likeness (QED) is 0.332. The third kappa shape index (κ3) is 1.80. The number of rotatable bonds is 4. The van der Waals surface area contributed by atoms with Crippen molar-refractivity contribution in [3.05, 3.63) is 0 Å². The van der Waals surface area contributed by atoms with Crippen LogP contribution in [0.5, 0.6) is 0 Å². The summed E-state index contributed by atoms with van der Waals surface area (Å²) in [6, 6.07) is 0. The van der Waals surface area contributed by atoms with Crippen molar-refractivity contribution in [3.63, 3.8) is 0 Å². The van der Waals surface area contributed by atoms with Crippen molar-refractivity contribution >= 4 is 11.9 Å². The summed E-state index contributed by atoms with van der Waals surface area (Å²) < 4.78 is 2.39. The first-order valence-corrected chi connectivity index (χ1v) is 5.23. The van der Waals surface area contributed by atoms with Crippen LogP contribution in [0.3, 0.4) is 0 Å². The number of hydrogen-bond donors (Lipinski definition) is 3. The van der Waals surface area contributed by atoms with Crippen molar-refractivity contribution in [3.8, 4) is 11.9 Å². The summed E-state index contributed by atoms with van der Waals surface area (Å²) in [6.07, 6.45) is 0. The number of H-pyrrole nitrogens is 2. The maximum Gasteiger partial charge on any atom is 0.294 e. The van der Waals surface area contributed by atoms with E-state index in [1.165, 1.54) is 9.36 Å². The van der Waals surface area contributed by atoms with E-state index in [9.17, 15) is 0 Å². The van der Waals surface area contributed by atoms with Gasteiger partial charge in [-0.1, -0.05) is 20.4 Å². The Hall–Kier alpha value is -3.92. The Morgan fingerprint density at radius 2 is 1.24 bits per heavy atom. The Morgan fingerprint density at radius 1 is 0.714 bits per heavy atom. The molecule has 0 radical (unpaired) electrons. The molecule has 0 aliphatic rings. The molecule has 0 aromatic carbocycles. The van der Waals surface area contributed by atoms with Gasteiger partial charge in [-0.15, -0.1) is 19.6 Å². The predicted molar refractivity (Wildman–Crippen MR) is 57.1 cm³/mol. The highest BCUT2D eigenvalue weighted by atomic mass is 15.7. The molecule has 104 valence electrons. The van der Waals surface area contributed by atoms with E-state index < -0.39 is 0 Å². The molecule has 4 aromatic heterocycles. The van der Waals surface area contributed by atoms with Gasteiger partial charge in [-0.25, -0.2) is 0 Å². The lowest BCUT2D eigenvalue weighted by Gasteiger charge is -2.01. The minimum atomic E-state index is 0.140. The Morgan fingerprint density at radius 3 is 1.67 bits per heavy atom. The third-order valence-electron chi connectivity index (χ3n) is 2.21. The highest BCUT2D eigenvalue weighted by Crippen LogP contribution is 2.12. The summed E-state index contributed by atoms with van der Waals surface area (Å²) in [5, 5.41) is 51.2. The second-order valence-electron chi connectivity index (χ2n) is 3.38. The van der Waals surface area contributed by atoms with E-state index in [1.807, 2.05) is 0 Å². The Bertz CT molecular complexity index is 746. The first-order valence-electron chi connectivity index (χ1n) is 5.23. The van der Waals surface area contributed by atoms with Crippen LogP contribution in [-0.2, 0) is 0 Å². The smallest absolute Gasteiger partial charge is 0.289 e. The molecule has 21 heavy (non-hydrogen) atoms. The highest BCUT2D eigenvalue weighted by molar-refractivity contribution is 5.45. The number of tetrazole rings is 4. The minimum Gasteiger partial charge on any atom is -0.289 e. The maximum absolute atomic E-state index is 3.77. The Labute approximate surface area is 112 Å². The number of anilines is 2. The lowest BCUT2D eigenvalue weighted by atomic mass is 10.8. The molecule has 4 heterocycles. The lowest BCUT2D eigenvalue weighted by Crippen LogP contribution is -2.10. The molecular weight excluding hydrogens is 286 g/mol. The molecule has 0 atom stereocenters. The zero-order chi connectivity index (χ0) is 14.1. The second-order valence-corrected chi connectivity index (χ2v) is 3.38. The topological polar surface area (TPSA) is 208 Å². The zero-order valence-corrected chi connectivity index (χ0v) is 9.76. The van der Waals surface area contributed by atoms with Gasteiger partial charge in [0.15, 0.2) is 0 Å². The molecule has 0 saturated heterocycles. The van der Waals surface area contributed by atoms with Gasteiger partial charge < -0.3 is 0 Å². The summed E-state index contributed by atoms with van der Waals surface area (Å²) in [5.41, 5.74) is 0. The van der Waals surface area contributed by atoms with Gasteiger partial charge in [-0.3, -0.25) is 5.32 Å². The molecule has 0 saturated carbocycles. The maximum atomic E-state index is 3.77. The van der Waals surface area contributed by atoms with Gasteiger partial charge in [0.05, 0.1) is 0 Å². The van der Waals surface area contributed by atoms with Crippen LogP contribution < -0.4 is 5.32 Å². The fourth-order valence-electron chi connectivity index (χ4n) is 1.39. The molecule has 0 bridgehead atoms. The highest BCUT2D eigenvalue weighted by Gasteiger charge is 2.17. The summed E-state index contributed by atoms with van der Waals surface area (Å²) >= 11 is 0. The number of nitrogens with zero attached hydrogens (tertiary/aromatic N) is 14. The lowest BCUT2D eigenvalue weighted by molar-refractivity contribution is 0.746. The van der Waals surface area contributed by atoms with E-state index in [4.69, 9.17) is 0 Å². The fourth-order valence-corrected chi connectivity index (χ4v) is 1.39. The Kier molecular flexibility index (Phi) is 2.26. The van der Waals surface area contributed by atoms with Crippen LogP contribution in [0.1, 0.15) is 0 Å². The summed E-state index contributed by atoms with van der Waals surface area (Å²) in [6.45, 7) is 0. The Balaban J connectivity index is 1.69. The SMILES string of the molecule is n1nc(Nc2nnnn2-c2nn[nH]n2)n(-c2nn[nH]n2)n1. The van der Waals surface area contributed by atoms with Crippen LogP contribution in [0.15, 0.2) is 0 Å². The van der Waals surface area contributed by atoms with E-state index in [0.29, 0.717) is 0 Å². The summed E-state index contributed by atoms with van der Waals surface area (Å²) in [5.74, 6) is 0.606. The van der Waals surface area contributed by atoms with Crippen LogP contribution in [0.25, 0.3) is 11.9 Å². The standard InChI is InChI=1S/C4H3N17/c5(1-6-16-18-20(1)3-8-12-13-9-3)2-7-17-19-21(2)4-10-14-15-11-4/h(H,8,9,12,13)(H,10,11,14,15)(H,5,6,7,18,19). The van der Waals surface area contributed by atoms with E-state index in [2.05, 4.69) is 77.6 Å². The average molecular weight is 289 g/mol. The molecule has 17 heteroatoms.